The molecule has 9 nitrogen and oxygen atoms in total. The summed E-state index contributed by atoms with van der Waals surface area (Å²) >= 11 is 1.05. The Balaban J connectivity index is 1.83. The number of hydrogen-bond acceptors (Lipinski definition) is 7. The van der Waals surface area contributed by atoms with Crippen molar-refractivity contribution >= 4 is 40.3 Å². The number of methoxy groups -OCH3 is 1. The van der Waals surface area contributed by atoms with Crippen LogP contribution in [0, 0.1) is 12.8 Å². The molecule has 0 bridgehead atoms. The number of esters is 1. The van der Waals surface area contributed by atoms with Crippen molar-refractivity contribution in [2.24, 2.45) is 5.92 Å². The van der Waals surface area contributed by atoms with Crippen molar-refractivity contribution in [2.75, 3.05) is 12.4 Å². The number of ether oxygens (including phenoxy) is 1. The molecule has 31 heavy (non-hydrogen) atoms. The van der Waals surface area contributed by atoms with Crippen molar-refractivity contribution in [1.29, 1.82) is 0 Å². The summed E-state index contributed by atoms with van der Waals surface area (Å²) in [6, 6.07) is 4.81. The van der Waals surface area contributed by atoms with E-state index in [1.165, 1.54) is 12.5 Å². The fraction of sp³-hybridized carbons (Fsp3) is 0.381. The van der Waals surface area contributed by atoms with Crippen molar-refractivity contribution in [1.82, 2.24) is 15.2 Å². The average molecular weight is 445 g/mol. The van der Waals surface area contributed by atoms with E-state index < -0.39 is 35.9 Å². The third-order valence-corrected chi connectivity index (χ3v) is 5.54. The predicted molar refractivity (Wildman–Crippen MR) is 115 cm³/mol. The molecule has 2 heterocycles. The highest BCUT2D eigenvalue weighted by Crippen LogP contribution is 2.27. The molecule has 0 aliphatic carbocycles. The summed E-state index contributed by atoms with van der Waals surface area (Å²) in [6.07, 6.45) is 0.279. The molecule has 0 saturated carbocycles. The maximum Gasteiger partial charge on any atom is 0.357 e. The van der Waals surface area contributed by atoms with E-state index in [2.05, 4.69) is 20.4 Å². The standard InChI is InChI=1S/C21H24N4O5S/c1-11(2)8-15(17(26)24-20-22-14(10-31-20)19(28)30-4)25-18(27)16(23-21(25)29)13-7-5-6-12(3)9-13/h5-7,9-11,15-16H,8H2,1-4H3,(H,23,29)(H,22,24,26). The van der Waals surface area contributed by atoms with Crippen molar-refractivity contribution in [3.8, 4) is 0 Å². The van der Waals surface area contributed by atoms with Gasteiger partial charge in [0.15, 0.2) is 10.8 Å². The number of anilines is 1. The van der Waals surface area contributed by atoms with E-state index in [1.807, 2.05) is 39.0 Å². The first-order chi connectivity index (χ1) is 14.7. The number of carbonyl (C=O) groups is 4. The first-order valence-corrected chi connectivity index (χ1v) is 10.6. The minimum absolute atomic E-state index is 0.0382. The number of hydrogen-bond donors (Lipinski definition) is 2. The molecule has 2 aromatic rings. The van der Waals surface area contributed by atoms with Crippen LogP contribution in [0.2, 0.25) is 0 Å². The zero-order chi connectivity index (χ0) is 22.7. The molecule has 10 heteroatoms. The SMILES string of the molecule is COC(=O)c1csc(NC(=O)C(CC(C)C)N2C(=O)NC(c3cccc(C)c3)C2=O)n1. The monoisotopic (exact) mass is 444 g/mol. The molecule has 1 aromatic carbocycles. The van der Waals surface area contributed by atoms with Gasteiger partial charge in [-0.25, -0.2) is 19.5 Å². The van der Waals surface area contributed by atoms with Crippen LogP contribution in [0.25, 0.3) is 0 Å². The Morgan fingerprint density at radius 2 is 2.06 bits per heavy atom. The van der Waals surface area contributed by atoms with Gasteiger partial charge in [-0.15, -0.1) is 11.3 Å². The molecular weight excluding hydrogens is 420 g/mol. The number of aromatic nitrogens is 1. The summed E-state index contributed by atoms with van der Waals surface area (Å²) < 4.78 is 4.61. The number of carbonyl (C=O) groups excluding carboxylic acids is 4. The first-order valence-electron chi connectivity index (χ1n) is 9.76. The number of rotatable bonds is 7. The van der Waals surface area contributed by atoms with E-state index in [-0.39, 0.29) is 23.2 Å². The zero-order valence-corrected chi connectivity index (χ0v) is 18.5. The van der Waals surface area contributed by atoms with E-state index in [0.29, 0.717) is 5.56 Å². The largest absolute Gasteiger partial charge is 0.464 e. The topological polar surface area (TPSA) is 118 Å². The number of benzene rings is 1. The maximum atomic E-state index is 13.1. The summed E-state index contributed by atoms with van der Waals surface area (Å²) in [7, 11) is 1.24. The number of nitrogens with zero attached hydrogens (tertiary/aromatic N) is 2. The van der Waals surface area contributed by atoms with Crippen LogP contribution in [0.3, 0.4) is 0 Å². The summed E-state index contributed by atoms with van der Waals surface area (Å²) in [4.78, 5) is 55.5. The van der Waals surface area contributed by atoms with Crippen LogP contribution in [-0.4, -0.2) is 46.9 Å². The van der Waals surface area contributed by atoms with Gasteiger partial charge < -0.3 is 15.4 Å². The van der Waals surface area contributed by atoms with E-state index in [1.54, 1.807) is 6.07 Å². The second kappa shape index (κ2) is 9.25. The molecule has 4 amide bonds. The van der Waals surface area contributed by atoms with Gasteiger partial charge in [0.2, 0.25) is 5.91 Å². The Hall–Kier alpha value is -3.27. The Kier molecular flexibility index (Phi) is 6.69. The molecule has 1 aromatic heterocycles. The van der Waals surface area contributed by atoms with E-state index in [9.17, 15) is 19.2 Å². The summed E-state index contributed by atoms with van der Waals surface area (Å²) in [5.41, 5.74) is 1.68. The van der Waals surface area contributed by atoms with Gasteiger partial charge in [-0.1, -0.05) is 43.7 Å². The fourth-order valence-electron chi connectivity index (χ4n) is 3.36. The number of nitrogens with one attached hydrogen (secondary N) is 2. The molecule has 1 aliphatic heterocycles. The number of thiazole rings is 1. The highest BCUT2D eigenvalue weighted by Gasteiger charge is 2.45. The molecule has 3 rings (SSSR count). The first kappa shape index (κ1) is 22.4. The zero-order valence-electron chi connectivity index (χ0n) is 17.7. The number of amides is 4. The number of aryl methyl sites for hydroxylation is 1. The number of imide groups is 1. The van der Waals surface area contributed by atoms with Gasteiger partial charge in [0.05, 0.1) is 7.11 Å². The van der Waals surface area contributed by atoms with Gasteiger partial charge in [0.25, 0.3) is 5.91 Å². The average Bonchev–Trinajstić information content (AvgIpc) is 3.29. The molecule has 1 aliphatic rings. The molecule has 1 fully saturated rings. The smallest absolute Gasteiger partial charge is 0.357 e. The molecule has 1 saturated heterocycles. The quantitative estimate of drug-likeness (QED) is 0.501. The Morgan fingerprint density at radius 1 is 1.32 bits per heavy atom. The second-order valence-corrected chi connectivity index (χ2v) is 8.53. The Labute approximate surface area is 183 Å². The molecule has 0 spiro atoms. The minimum atomic E-state index is -1.02. The van der Waals surface area contributed by atoms with Crippen LogP contribution in [0.5, 0.6) is 0 Å². The van der Waals surface area contributed by atoms with Crippen LogP contribution < -0.4 is 10.6 Å². The summed E-state index contributed by atoms with van der Waals surface area (Å²) in [6.45, 7) is 5.69. The van der Waals surface area contributed by atoms with E-state index in [0.717, 1.165) is 21.8 Å². The Bertz CT molecular complexity index is 1020. The lowest BCUT2D eigenvalue weighted by atomic mass is 10.0. The highest BCUT2D eigenvalue weighted by atomic mass is 32.1. The second-order valence-electron chi connectivity index (χ2n) is 7.67. The minimum Gasteiger partial charge on any atom is -0.464 e. The van der Waals surface area contributed by atoms with Gasteiger partial charge in [-0.2, -0.15) is 0 Å². The van der Waals surface area contributed by atoms with Crippen molar-refractivity contribution < 1.29 is 23.9 Å². The highest BCUT2D eigenvalue weighted by molar-refractivity contribution is 7.14. The normalized spacial score (nSPS) is 16.9. The predicted octanol–water partition coefficient (Wildman–Crippen LogP) is 2.88. The molecule has 0 radical (unpaired) electrons. The summed E-state index contributed by atoms with van der Waals surface area (Å²) in [5, 5.41) is 6.94. The number of urea groups is 1. The third-order valence-electron chi connectivity index (χ3n) is 4.78. The van der Waals surface area contributed by atoms with Gasteiger partial charge in [0.1, 0.15) is 12.1 Å². The summed E-state index contributed by atoms with van der Waals surface area (Å²) in [5.74, 6) is -1.61. The fourth-order valence-corrected chi connectivity index (χ4v) is 4.04. The van der Waals surface area contributed by atoms with Gasteiger partial charge in [0, 0.05) is 5.38 Å². The van der Waals surface area contributed by atoms with Crippen molar-refractivity contribution in [3.05, 3.63) is 46.5 Å². The molecule has 164 valence electrons. The van der Waals surface area contributed by atoms with Crippen LogP contribution in [-0.2, 0) is 14.3 Å². The van der Waals surface area contributed by atoms with Crippen LogP contribution in [0.1, 0.15) is 47.9 Å². The van der Waals surface area contributed by atoms with Gasteiger partial charge >= 0.3 is 12.0 Å². The van der Waals surface area contributed by atoms with Crippen molar-refractivity contribution in [2.45, 2.75) is 39.3 Å². The molecule has 2 N–H and O–H groups in total. The molecule has 2 unspecified atom stereocenters. The van der Waals surface area contributed by atoms with E-state index in [4.69, 9.17) is 0 Å². The lowest BCUT2D eigenvalue weighted by Gasteiger charge is -2.25. The molecular formula is C21H24N4O5S. The lowest BCUT2D eigenvalue weighted by Crippen LogP contribution is -2.48. The maximum absolute atomic E-state index is 13.1. The Morgan fingerprint density at radius 3 is 2.71 bits per heavy atom. The lowest BCUT2D eigenvalue weighted by molar-refractivity contribution is -0.134. The van der Waals surface area contributed by atoms with E-state index >= 15 is 0 Å². The third kappa shape index (κ3) is 4.91. The van der Waals surface area contributed by atoms with Crippen LogP contribution >= 0.6 is 11.3 Å². The van der Waals surface area contributed by atoms with Gasteiger partial charge in [-0.05, 0) is 24.8 Å². The van der Waals surface area contributed by atoms with Gasteiger partial charge in [-0.3, -0.25) is 9.59 Å². The molecule has 2 atom stereocenters. The van der Waals surface area contributed by atoms with Crippen molar-refractivity contribution in [3.63, 3.8) is 0 Å². The van der Waals surface area contributed by atoms with Crippen LogP contribution in [0.4, 0.5) is 9.93 Å². The van der Waals surface area contributed by atoms with Crippen LogP contribution in [0.15, 0.2) is 29.6 Å².